The smallest absolute Gasteiger partial charge is 0.263 e. The van der Waals surface area contributed by atoms with Crippen LogP contribution in [-0.2, 0) is 10.0 Å². The summed E-state index contributed by atoms with van der Waals surface area (Å²) in [5.41, 5.74) is 0. The van der Waals surface area contributed by atoms with Crippen molar-refractivity contribution in [1.29, 1.82) is 0 Å². The largest absolute Gasteiger partial charge is 0.497 e. The first kappa shape index (κ1) is 13.6. The van der Waals surface area contributed by atoms with Gasteiger partial charge in [0.15, 0.2) is 5.82 Å². The van der Waals surface area contributed by atoms with Gasteiger partial charge in [0.05, 0.1) is 24.4 Å². The number of rotatable bonds is 4. The fourth-order valence-corrected chi connectivity index (χ4v) is 2.41. The molecule has 0 saturated heterocycles. The fourth-order valence-electron chi connectivity index (χ4n) is 1.32. The summed E-state index contributed by atoms with van der Waals surface area (Å²) in [5.74, 6) is 0.672. The normalized spacial score (nSPS) is 11.1. The number of aromatic nitrogens is 2. The minimum absolute atomic E-state index is 0.0974. The molecule has 0 bridgehead atoms. The lowest BCUT2D eigenvalue weighted by atomic mass is 10.3. The van der Waals surface area contributed by atoms with Gasteiger partial charge in [-0.1, -0.05) is 11.6 Å². The van der Waals surface area contributed by atoms with Gasteiger partial charge in [0, 0.05) is 0 Å². The van der Waals surface area contributed by atoms with Crippen LogP contribution in [0, 0.1) is 0 Å². The number of halogens is 1. The molecule has 2 aromatic rings. The van der Waals surface area contributed by atoms with E-state index in [0.717, 1.165) is 0 Å². The highest BCUT2D eigenvalue weighted by Crippen LogP contribution is 2.18. The van der Waals surface area contributed by atoms with Gasteiger partial charge in [0.1, 0.15) is 10.9 Å². The number of nitrogens with one attached hydrogen (secondary N) is 1. The Labute approximate surface area is 115 Å². The van der Waals surface area contributed by atoms with Crippen molar-refractivity contribution in [3.05, 3.63) is 41.8 Å². The average Bonchev–Trinajstić information content (AvgIpc) is 2.41. The van der Waals surface area contributed by atoms with Crippen LogP contribution < -0.4 is 9.46 Å². The van der Waals surface area contributed by atoms with E-state index >= 15 is 0 Å². The summed E-state index contributed by atoms with van der Waals surface area (Å²) in [5, 5.41) is 0.187. The molecule has 2 rings (SSSR count). The molecule has 0 amide bonds. The van der Waals surface area contributed by atoms with Gasteiger partial charge in [-0.25, -0.2) is 18.4 Å². The van der Waals surface area contributed by atoms with E-state index in [9.17, 15) is 8.42 Å². The Balaban J connectivity index is 2.24. The van der Waals surface area contributed by atoms with Crippen LogP contribution in [0.25, 0.3) is 0 Å². The number of benzene rings is 1. The molecule has 1 heterocycles. The quantitative estimate of drug-likeness (QED) is 0.933. The van der Waals surface area contributed by atoms with E-state index < -0.39 is 10.0 Å². The summed E-state index contributed by atoms with van der Waals surface area (Å²) in [6.45, 7) is 0. The monoisotopic (exact) mass is 299 g/mol. The van der Waals surface area contributed by atoms with Gasteiger partial charge in [-0.15, -0.1) is 0 Å². The third-order valence-corrected chi connectivity index (χ3v) is 3.79. The summed E-state index contributed by atoms with van der Waals surface area (Å²) in [4.78, 5) is 7.66. The molecule has 0 spiro atoms. The van der Waals surface area contributed by atoms with E-state index in [4.69, 9.17) is 16.3 Å². The predicted octanol–water partition coefficient (Wildman–Crippen LogP) is 1.94. The van der Waals surface area contributed by atoms with E-state index in [0.29, 0.717) is 5.75 Å². The third kappa shape index (κ3) is 3.33. The lowest BCUT2D eigenvalue weighted by Gasteiger charge is -2.07. The molecule has 0 fully saturated rings. The summed E-state index contributed by atoms with van der Waals surface area (Å²) in [6, 6.07) is 5.99. The molecule has 6 nitrogen and oxygen atoms in total. The highest BCUT2D eigenvalue weighted by molar-refractivity contribution is 7.92. The van der Waals surface area contributed by atoms with E-state index in [1.165, 1.54) is 31.6 Å². The molecule has 1 N–H and O–H groups in total. The highest BCUT2D eigenvalue weighted by atomic mass is 35.5. The number of anilines is 1. The Morgan fingerprint density at radius 2 is 1.84 bits per heavy atom. The number of sulfonamides is 1. The lowest BCUT2D eigenvalue weighted by molar-refractivity contribution is 0.414. The van der Waals surface area contributed by atoms with Crippen LogP contribution in [0.2, 0.25) is 5.15 Å². The molecule has 0 aliphatic rings. The van der Waals surface area contributed by atoms with Gasteiger partial charge in [-0.2, -0.15) is 0 Å². The molecule has 0 atom stereocenters. The van der Waals surface area contributed by atoms with Crippen LogP contribution in [0.15, 0.2) is 41.6 Å². The SMILES string of the molecule is COc1ccc(S(=O)(=O)Nc2cnc(Cl)cn2)cc1. The first-order valence-electron chi connectivity index (χ1n) is 5.16. The van der Waals surface area contributed by atoms with Crippen molar-refractivity contribution in [3.63, 3.8) is 0 Å². The molecule has 19 heavy (non-hydrogen) atoms. The number of nitrogens with zero attached hydrogens (tertiary/aromatic N) is 2. The van der Waals surface area contributed by atoms with Crippen LogP contribution >= 0.6 is 11.6 Å². The number of hydrogen-bond acceptors (Lipinski definition) is 5. The zero-order valence-electron chi connectivity index (χ0n) is 9.87. The van der Waals surface area contributed by atoms with E-state index in [2.05, 4.69) is 14.7 Å². The molecule has 1 aromatic carbocycles. The third-order valence-electron chi connectivity index (χ3n) is 2.23. The highest BCUT2D eigenvalue weighted by Gasteiger charge is 2.14. The second-order valence-electron chi connectivity index (χ2n) is 3.51. The Morgan fingerprint density at radius 3 is 2.37 bits per heavy atom. The molecule has 1 aromatic heterocycles. The fraction of sp³-hybridized carbons (Fsp3) is 0.0909. The summed E-state index contributed by atoms with van der Waals surface area (Å²) in [6.07, 6.45) is 2.50. The Hall–Kier alpha value is -1.86. The van der Waals surface area contributed by atoms with Crippen molar-refractivity contribution in [2.45, 2.75) is 4.90 Å². The molecule has 0 saturated carbocycles. The summed E-state index contributed by atoms with van der Waals surface area (Å²) >= 11 is 5.57. The number of ether oxygens (including phenoxy) is 1. The zero-order chi connectivity index (χ0) is 13.9. The van der Waals surface area contributed by atoms with Gasteiger partial charge in [0.25, 0.3) is 10.0 Å². The molecule has 0 aliphatic heterocycles. The number of methoxy groups -OCH3 is 1. The second kappa shape index (κ2) is 5.41. The van der Waals surface area contributed by atoms with Crippen molar-refractivity contribution in [3.8, 4) is 5.75 Å². The van der Waals surface area contributed by atoms with Crippen molar-refractivity contribution in [2.75, 3.05) is 11.8 Å². The van der Waals surface area contributed by atoms with Gasteiger partial charge in [-0.05, 0) is 24.3 Å². The van der Waals surface area contributed by atoms with Crippen LogP contribution in [0.4, 0.5) is 5.82 Å². The Kier molecular flexibility index (Phi) is 3.87. The van der Waals surface area contributed by atoms with E-state index in [1.54, 1.807) is 12.1 Å². The molecular formula is C11H10ClN3O3S. The molecule has 0 unspecified atom stereocenters. The lowest BCUT2D eigenvalue weighted by Crippen LogP contribution is -2.14. The topological polar surface area (TPSA) is 81.2 Å². The first-order valence-corrected chi connectivity index (χ1v) is 7.02. The summed E-state index contributed by atoms with van der Waals surface area (Å²) < 4.78 is 31.3. The molecule has 100 valence electrons. The van der Waals surface area contributed by atoms with Gasteiger partial charge >= 0.3 is 0 Å². The van der Waals surface area contributed by atoms with Gasteiger partial charge < -0.3 is 4.74 Å². The van der Waals surface area contributed by atoms with Crippen molar-refractivity contribution < 1.29 is 13.2 Å². The average molecular weight is 300 g/mol. The Morgan fingerprint density at radius 1 is 1.16 bits per heavy atom. The van der Waals surface area contributed by atoms with Crippen molar-refractivity contribution in [1.82, 2.24) is 9.97 Å². The predicted molar refractivity (Wildman–Crippen MR) is 70.8 cm³/mol. The first-order chi connectivity index (χ1) is 9.01. The van der Waals surface area contributed by atoms with Gasteiger partial charge in [0.2, 0.25) is 0 Å². The zero-order valence-corrected chi connectivity index (χ0v) is 11.4. The maximum Gasteiger partial charge on any atom is 0.263 e. The molecule has 8 heteroatoms. The Bertz CT molecular complexity index is 657. The van der Waals surface area contributed by atoms with E-state index in [-0.39, 0.29) is 15.9 Å². The van der Waals surface area contributed by atoms with E-state index in [1.807, 2.05) is 0 Å². The van der Waals surface area contributed by atoms with Crippen molar-refractivity contribution >= 4 is 27.4 Å². The summed E-state index contributed by atoms with van der Waals surface area (Å²) in [7, 11) is -2.20. The minimum Gasteiger partial charge on any atom is -0.497 e. The maximum absolute atomic E-state index is 12.0. The van der Waals surface area contributed by atoms with Crippen LogP contribution in [-0.4, -0.2) is 25.5 Å². The molecular weight excluding hydrogens is 290 g/mol. The standard InChI is InChI=1S/C11H10ClN3O3S/c1-18-8-2-4-9(5-3-8)19(16,17)15-11-7-13-10(12)6-14-11/h2-7H,1H3,(H,14,15). The second-order valence-corrected chi connectivity index (χ2v) is 5.58. The van der Waals surface area contributed by atoms with Crippen molar-refractivity contribution in [2.24, 2.45) is 0 Å². The maximum atomic E-state index is 12.0. The van der Waals surface area contributed by atoms with Gasteiger partial charge in [-0.3, -0.25) is 4.72 Å². The molecule has 0 radical (unpaired) electrons. The van der Waals surface area contributed by atoms with Crippen LogP contribution in [0.5, 0.6) is 5.75 Å². The van der Waals surface area contributed by atoms with Crippen LogP contribution in [0.1, 0.15) is 0 Å². The minimum atomic E-state index is -3.70. The van der Waals surface area contributed by atoms with Crippen LogP contribution in [0.3, 0.4) is 0 Å². The molecule has 0 aliphatic carbocycles. The number of hydrogen-bond donors (Lipinski definition) is 1.